The summed E-state index contributed by atoms with van der Waals surface area (Å²) in [6, 6.07) is 14.2. The molecule has 1 fully saturated rings. The number of ether oxygens (including phenoxy) is 1. The molecule has 1 atom stereocenters. The molecular formula is C19H18BN3O6S. The van der Waals surface area contributed by atoms with Gasteiger partial charge in [0.25, 0.3) is 0 Å². The molecule has 2 aromatic rings. The van der Waals surface area contributed by atoms with E-state index in [4.69, 9.17) is 9.84 Å². The van der Waals surface area contributed by atoms with Crippen LogP contribution in [0.15, 0.2) is 58.7 Å². The summed E-state index contributed by atoms with van der Waals surface area (Å²) in [5.74, 6) is -1.17. The number of hydrogen-bond acceptors (Lipinski definition) is 8. The van der Waals surface area contributed by atoms with Gasteiger partial charge < -0.3 is 25.2 Å². The number of hydrogen-bond donors (Lipinski definition) is 4. The number of carboxylic acid groups (broad SMARTS) is 1. The second-order valence-corrected chi connectivity index (χ2v) is 7.48. The summed E-state index contributed by atoms with van der Waals surface area (Å²) >= 11 is 0.992. The van der Waals surface area contributed by atoms with Crippen molar-refractivity contribution in [2.75, 3.05) is 0 Å². The van der Waals surface area contributed by atoms with Gasteiger partial charge >= 0.3 is 13.1 Å². The lowest BCUT2D eigenvalue weighted by Gasteiger charge is -2.12. The van der Waals surface area contributed by atoms with Crippen molar-refractivity contribution in [3.63, 3.8) is 0 Å². The molecule has 9 nitrogen and oxygen atoms in total. The lowest BCUT2D eigenvalue weighted by Crippen LogP contribution is -2.31. The molecule has 1 heterocycles. The number of benzene rings is 2. The van der Waals surface area contributed by atoms with Crippen molar-refractivity contribution in [3.8, 4) is 5.75 Å². The molecule has 0 aliphatic carbocycles. The van der Waals surface area contributed by atoms with Crippen LogP contribution in [0.3, 0.4) is 0 Å². The smallest absolute Gasteiger partial charge is 0.489 e. The lowest BCUT2D eigenvalue weighted by atomic mass is 9.79. The van der Waals surface area contributed by atoms with Crippen LogP contribution in [-0.4, -0.2) is 50.8 Å². The molecular weight excluding hydrogens is 409 g/mol. The normalized spacial score (nSPS) is 17.3. The van der Waals surface area contributed by atoms with E-state index >= 15 is 0 Å². The molecule has 0 spiro atoms. The predicted octanol–water partition coefficient (Wildman–Crippen LogP) is 0.342. The first-order valence-electron chi connectivity index (χ1n) is 8.89. The van der Waals surface area contributed by atoms with Crippen molar-refractivity contribution in [3.05, 3.63) is 59.7 Å². The molecule has 30 heavy (non-hydrogen) atoms. The quantitative estimate of drug-likeness (QED) is 0.271. The van der Waals surface area contributed by atoms with Gasteiger partial charge in [-0.2, -0.15) is 5.10 Å². The van der Waals surface area contributed by atoms with E-state index in [-0.39, 0.29) is 23.7 Å². The summed E-state index contributed by atoms with van der Waals surface area (Å²) < 4.78 is 5.69. The molecule has 1 amide bonds. The Balaban J connectivity index is 1.67. The molecule has 0 bridgehead atoms. The zero-order chi connectivity index (χ0) is 21.5. The van der Waals surface area contributed by atoms with Gasteiger partial charge in [-0.3, -0.25) is 9.59 Å². The highest BCUT2D eigenvalue weighted by Gasteiger charge is 2.32. The number of amides is 1. The van der Waals surface area contributed by atoms with Crippen LogP contribution in [0.1, 0.15) is 17.5 Å². The van der Waals surface area contributed by atoms with Gasteiger partial charge in [-0.25, -0.2) is 0 Å². The van der Waals surface area contributed by atoms with Gasteiger partial charge in [0, 0.05) is 5.46 Å². The van der Waals surface area contributed by atoms with Crippen molar-refractivity contribution in [2.45, 2.75) is 18.3 Å². The second kappa shape index (κ2) is 10.1. The van der Waals surface area contributed by atoms with Gasteiger partial charge in [-0.1, -0.05) is 42.1 Å². The average molecular weight is 427 g/mol. The summed E-state index contributed by atoms with van der Waals surface area (Å²) in [5, 5.41) is 37.8. The highest BCUT2D eigenvalue weighted by molar-refractivity contribution is 8.15. The van der Waals surface area contributed by atoms with Crippen LogP contribution >= 0.6 is 11.8 Å². The summed E-state index contributed by atoms with van der Waals surface area (Å²) in [4.78, 5) is 22.4. The third-order valence-electron chi connectivity index (χ3n) is 4.04. The van der Waals surface area contributed by atoms with Gasteiger partial charge in [-0.15, -0.1) is 5.10 Å². The largest absolute Gasteiger partial charge is 0.492 e. The highest BCUT2D eigenvalue weighted by Crippen LogP contribution is 2.22. The Morgan fingerprint density at radius 2 is 2.00 bits per heavy atom. The highest BCUT2D eigenvalue weighted by atomic mass is 32.2. The lowest BCUT2D eigenvalue weighted by molar-refractivity contribution is -0.138. The zero-order valence-corrected chi connectivity index (χ0v) is 16.5. The Morgan fingerprint density at radius 1 is 1.23 bits per heavy atom. The van der Waals surface area contributed by atoms with Gasteiger partial charge in [0.2, 0.25) is 5.91 Å². The fourth-order valence-corrected chi connectivity index (χ4v) is 3.52. The van der Waals surface area contributed by atoms with E-state index in [1.807, 2.05) is 30.3 Å². The van der Waals surface area contributed by atoms with Gasteiger partial charge in [0.1, 0.15) is 17.6 Å². The maximum atomic E-state index is 11.7. The number of aliphatic carboxylic acids is 1. The third kappa shape index (κ3) is 5.93. The van der Waals surface area contributed by atoms with E-state index in [2.05, 4.69) is 15.5 Å². The summed E-state index contributed by atoms with van der Waals surface area (Å²) in [7, 11) is -1.74. The first-order valence-corrected chi connectivity index (χ1v) is 9.77. The number of carbonyl (C=O) groups is 2. The minimum atomic E-state index is -1.74. The summed E-state index contributed by atoms with van der Waals surface area (Å²) in [5.41, 5.74) is 1.65. The molecule has 1 aliphatic rings. The third-order valence-corrected chi connectivity index (χ3v) is 5.11. The molecule has 2 aromatic carbocycles. The average Bonchev–Trinajstić information content (AvgIpc) is 3.06. The van der Waals surface area contributed by atoms with Gasteiger partial charge in [0.05, 0.1) is 12.6 Å². The molecule has 0 radical (unpaired) electrons. The van der Waals surface area contributed by atoms with Gasteiger partial charge in [-0.05, 0) is 29.3 Å². The topological polar surface area (TPSA) is 141 Å². The molecule has 3 rings (SSSR count). The number of thioether (sulfide) groups is 1. The molecule has 4 N–H and O–H groups in total. The number of amidine groups is 1. The van der Waals surface area contributed by atoms with E-state index in [9.17, 15) is 19.6 Å². The first kappa shape index (κ1) is 21.6. The summed E-state index contributed by atoms with van der Waals surface area (Å²) in [6.07, 6.45) is 1.07. The second-order valence-electron chi connectivity index (χ2n) is 6.29. The van der Waals surface area contributed by atoms with E-state index < -0.39 is 24.2 Å². The van der Waals surface area contributed by atoms with Crippen molar-refractivity contribution >= 4 is 47.6 Å². The van der Waals surface area contributed by atoms with Crippen LogP contribution in [0.25, 0.3) is 0 Å². The molecule has 0 aromatic heterocycles. The Bertz CT molecular complexity index is 983. The number of rotatable bonds is 8. The van der Waals surface area contributed by atoms with Crippen molar-refractivity contribution in [2.24, 2.45) is 10.2 Å². The number of carboxylic acids is 1. The SMILES string of the molecule is O=C(O)CC1SC(=NN=Cc2ccc(OCc3ccccc3)c(B(O)O)c2)NC1=O. The van der Waals surface area contributed by atoms with Crippen LogP contribution in [0.5, 0.6) is 5.75 Å². The van der Waals surface area contributed by atoms with Gasteiger partial charge in [0.15, 0.2) is 5.17 Å². The van der Waals surface area contributed by atoms with Crippen LogP contribution in [0, 0.1) is 0 Å². The minimum Gasteiger partial charge on any atom is -0.489 e. The Hall–Kier alpha value is -3.15. The molecule has 1 saturated heterocycles. The maximum absolute atomic E-state index is 11.7. The maximum Gasteiger partial charge on any atom is 0.492 e. The predicted molar refractivity (Wildman–Crippen MR) is 114 cm³/mol. The molecule has 154 valence electrons. The number of nitrogens with zero attached hydrogens (tertiary/aromatic N) is 2. The first-order chi connectivity index (χ1) is 14.4. The molecule has 1 unspecified atom stereocenters. The van der Waals surface area contributed by atoms with E-state index in [0.29, 0.717) is 11.3 Å². The Kier molecular flexibility index (Phi) is 7.23. The van der Waals surface area contributed by atoms with E-state index in [1.54, 1.807) is 12.1 Å². The van der Waals surface area contributed by atoms with Crippen molar-refractivity contribution in [1.29, 1.82) is 0 Å². The molecule has 0 saturated carbocycles. The number of nitrogens with one attached hydrogen (secondary N) is 1. The van der Waals surface area contributed by atoms with E-state index in [1.165, 1.54) is 12.3 Å². The monoisotopic (exact) mass is 427 g/mol. The Labute approximate surface area is 176 Å². The molecule has 11 heteroatoms. The van der Waals surface area contributed by atoms with Crippen LogP contribution in [-0.2, 0) is 16.2 Å². The van der Waals surface area contributed by atoms with E-state index in [0.717, 1.165) is 17.3 Å². The fourth-order valence-electron chi connectivity index (χ4n) is 2.61. The minimum absolute atomic E-state index is 0.174. The van der Waals surface area contributed by atoms with Crippen molar-refractivity contribution < 1.29 is 29.5 Å². The zero-order valence-electron chi connectivity index (χ0n) is 15.6. The fraction of sp³-hybridized carbons (Fsp3) is 0.158. The van der Waals surface area contributed by atoms with Crippen LogP contribution in [0.4, 0.5) is 0 Å². The Morgan fingerprint density at radius 3 is 2.70 bits per heavy atom. The summed E-state index contributed by atoms with van der Waals surface area (Å²) in [6.45, 7) is 0.274. The van der Waals surface area contributed by atoms with Crippen LogP contribution < -0.4 is 15.5 Å². The number of carbonyl (C=O) groups excluding carboxylic acids is 1. The standard InChI is InChI=1S/C19H18BN3O6S/c24-17(25)9-16-18(26)22-19(30-16)23-21-10-13-6-7-15(14(8-13)20(27)28)29-11-12-4-2-1-3-5-12/h1-8,10,16,27-28H,9,11H2,(H,24,25)(H,22,23,26). The van der Waals surface area contributed by atoms with Crippen LogP contribution in [0.2, 0.25) is 0 Å². The van der Waals surface area contributed by atoms with Crippen molar-refractivity contribution in [1.82, 2.24) is 5.32 Å². The molecule has 1 aliphatic heterocycles.